The van der Waals surface area contributed by atoms with Crippen LogP contribution in [0.3, 0.4) is 0 Å². The monoisotopic (exact) mass is 366 g/mol. The molecule has 0 amide bonds. The first-order valence-corrected chi connectivity index (χ1v) is 7.98. The average molecular weight is 368 g/mol. The molecule has 2 aromatic rings. The van der Waals surface area contributed by atoms with Crippen molar-refractivity contribution >= 4 is 27.5 Å². The molecular formula is C16H16BrClN2O. The van der Waals surface area contributed by atoms with Crippen molar-refractivity contribution in [3.8, 4) is 5.75 Å². The van der Waals surface area contributed by atoms with Gasteiger partial charge in [0.25, 0.3) is 0 Å². The smallest absolute Gasteiger partial charge is 0.122 e. The molecule has 2 aromatic carbocycles. The van der Waals surface area contributed by atoms with Crippen molar-refractivity contribution in [2.24, 2.45) is 5.84 Å². The highest BCUT2D eigenvalue weighted by Gasteiger charge is 2.31. The normalized spacial score (nSPS) is 18.1. The van der Waals surface area contributed by atoms with Gasteiger partial charge in [-0.1, -0.05) is 51.8 Å². The minimum absolute atomic E-state index is 0.0762. The van der Waals surface area contributed by atoms with E-state index in [1.54, 1.807) is 0 Å². The van der Waals surface area contributed by atoms with Crippen molar-refractivity contribution in [2.75, 3.05) is 6.61 Å². The zero-order chi connectivity index (χ0) is 14.8. The maximum Gasteiger partial charge on any atom is 0.122 e. The lowest BCUT2D eigenvalue weighted by Crippen LogP contribution is -2.42. The number of nitrogens with one attached hydrogen (secondary N) is 1. The van der Waals surface area contributed by atoms with E-state index in [-0.39, 0.29) is 12.0 Å². The van der Waals surface area contributed by atoms with Crippen LogP contribution in [0.2, 0.25) is 5.02 Å². The molecule has 0 saturated heterocycles. The highest BCUT2D eigenvalue weighted by atomic mass is 79.9. The summed E-state index contributed by atoms with van der Waals surface area (Å²) in [6.45, 7) is 0.641. The van der Waals surface area contributed by atoms with E-state index in [2.05, 4.69) is 27.4 Å². The Labute approximate surface area is 137 Å². The Hall–Kier alpha value is -1.07. The lowest BCUT2D eigenvalue weighted by molar-refractivity contribution is 0.297. The van der Waals surface area contributed by atoms with Gasteiger partial charge >= 0.3 is 0 Å². The van der Waals surface area contributed by atoms with E-state index in [1.807, 2.05) is 36.4 Å². The summed E-state index contributed by atoms with van der Waals surface area (Å²) in [5.74, 6) is 6.96. The van der Waals surface area contributed by atoms with Crippen LogP contribution in [0.5, 0.6) is 5.75 Å². The van der Waals surface area contributed by atoms with Crippen molar-refractivity contribution in [1.82, 2.24) is 5.43 Å². The molecular weight excluding hydrogens is 352 g/mol. The van der Waals surface area contributed by atoms with E-state index in [1.165, 1.54) is 5.56 Å². The third kappa shape index (κ3) is 3.09. The summed E-state index contributed by atoms with van der Waals surface area (Å²) in [4.78, 5) is 0. The first-order chi connectivity index (χ1) is 10.2. The maximum absolute atomic E-state index is 6.31. The van der Waals surface area contributed by atoms with Gasteiger partial charge in [-0.3, -0.25) is 11.3 Å². The van der Waals surface area contributed by atoms with Crippen molar-refractivity contribution < 1.29 is 4.74 Å². The van der Waals surface area contributed by atoms with E-state index in [9.17, 15) is 0 Å². The maximum atomic E-state index is 6.31. The number of hydrazine groups is 1. The number of nitrogens with two attached hydrogens (primary N) is 1. The molecule has 3 rings (SSSR count). The second kappa shape index (κ2) is 6.36. The van der Waals surface area contributed by atoms with Gasteiger partial charge in [-0.25, -0.2) is 0 Å². The third-order valence-electron chi connectivity index (χ3n) is 3.89. The zero-order valence-electron chi connectivity index (χ0n) is 11.4. The first-order valence-electron chi connectivity index (χ1n) is 6.81. The molecule has 2 atom stereocenters. The minimum atomic E-state index is 0.0762. The number of ether oxygens (including phenoxy) is 1. The Morgan fingerprint density at radius 1 is 1.33 bits per heavy atom. The van der Waals surface area contributed by atoms with E-state index < -0.39 is 0 Å². The lowest BCUT2D eigenvalue weighted by Gasteiger charge is -2.22. The average Bonchev–Trinajstić information content (AvgIpc) is 2.91. The SMILES string of the molecule is NNC(Cc1ccc(Br)cc1Cl)C1COc2ccccc21. The summed E-state index contributed by atoms with van der Waals surface area (Å²) in [6.07, 6.45) is 0.755. The second-order valence-corrected chi connectivity index (χ2v) is 6.49. The summed E-state index contributed by atoms with van der Waals surface area (Å²) in [5, 5.41) is 0.747. The summed E-state index contributed by atoms with van der Waals surface area (Å²) in [5.41, 5.74) is 5.20. The molecule has 0 saturated carbocycles. The Bertz CT molecular complexity index is 650. The van der Waals surface area contributed by atoms with Gasteiger partial charge < -0.3 is 4.74 Å². The van der Waals surface area contributed by atoms with Gasteiger partial charge in [0, 0.05) is 27.0 Å². The molecule has 110 valence electrons. The highest BCUT2D eigenvalue weighted by Crippen LogP contribution is 2.36. The molecule has 1 heterocycles. The van der Waals surface area contributed by atoms with E-state index in [4.69, 9.17) is 22.2 Å². The molecule has 0 aromatic heterocycles. The number of para-hydroxylation sites is 1. The summed E-state index contributed by atoms with van der Waals surface area (Å²) >= 11 is 9.73. The minimum Gasteiger partial charge on any atom is -0.493 e. The van der Waals surface area contributed by atoms with Crippen LogP contribution in [-0.4, -0.2) is 12.6 Å². The highest BCUT2D eigenvalue weighted by molar-refractivity contribution is 9.10. The summed E-state index contributed by atoms with van der Waals surface area (Å²) < 4.78 is 6.72. The van der Waals surface area contributed by atoms with Crippen molar-refractivity contribution in [3.63, 3.8) is 0 Å². The van der Waals surface area contributed by atoms with Gasteiger partial charge in [0.15, 0.2) is 0 Å². The predicted octanol–water partition coefficient (Wildman–Crippen LogP) is 3.65. The fourth-order valence-corrected chi connectivity index (χ4v) is 3.51. The van der Waals surface area contributed by atoms with Crippen LogP contribution in [0.1, 0.15) is 17.0 Å². The molecule has 1 aliphatic heterocycles. The summed E-state index contributed by atoms with van der Waals surface area (Å²) in [7, 11) is 0. The standard InChI is InChI=1S/C16H16BrClN2O/c17-11-6-5-10(14(18)8-11)7-15(20-19)13-9-21-16-4-2-1-3-12(13)16/h1-6,8,13,15,20H,7,9,19H2. The van der Waals surface area contributed by atoms with Crippen LogP contribution < -0.4 is 16.0 Å². The van der Waals surface area contributed by atoms with Gasteiger partial charge in [0.1, 0.15) is 5.75 Å². The molecule has 1 aliphatic rings. The topological polar surface area (TPSA) is 47.3 Å². The molecule has 2 unspecified atom stereocenters. The van der Waals surface area contributed by atoms with E-state index in [0.717, 1.165) is 27.2 Å². The van der Waals surface area contributed by atoms with Gasteiger partial charge in [-0.15, -0.1) is 0 Å². The quantitative estimate of drug-likeness (QED) is 0.640. The van der Waals surface area contributed by atoms with E-state index in [0.29, 0.717) is 6.61 Å². The van der Waals surface area contributed by atoms with Crippen molar-refractivity contribution in [1.29, 1.82) is 0 Å². The number of rotatable bonds is 4. The molecule has 0 aliphatic carbocycles. The van der Waals surface area contributed by atoms with Gasteiger partial charge in [0.2, 0.25) is 0 Å². The van der Waals surface area contributed by atoms with Crippen LogP contribution in [0, 0.1) is 0 Å². The summed E-state index contributed by atoms with van der Waals surface area (Å²) in [6, 6.07) is 14.1. The van der Waals surface area contributed by atoms with Crippen LogP contribution in [0.25, 0.3) is 0 Å². The van der Waals surface area contributed by atoms with E-state index >= 15 is 0 Å². The molecule has 3 N–H and O–H groups in total. The van der Waals surface area contributed by atoms with Crippen LogP contribution in [-0.2, 0) is 6.42 Å². The molecule has 0 fully saturated rings. The second-order valence-electron chi connectivity index (χ2n) is 5.17. The number of halogens is 2. The lowest BCUT2D eigenvalue weighted by atomic mass is 9.89. The molecule has 21 heavy (non-hydrogen) atoms. The number of hydrogen-bond acceptors (Lipinski definition) is 3. The Kier molecular flexibility index (Phi) is 4.50. The van der Waals surface area contributed by atoms with Crippen molar-refractivity contribution in [2.45, 2.75) is 18.4 Å². The van der Waals surface area contributed by atoms with Gasteiger partial charge in [0.05, 0.1) is 6.61 Å². The third-order valence-corrected chi connectivity index (χ3v) is 4.74. The predicted molar refractivity (Wildman–Crippen MR) is 88.6 cm³/mol. The van der Waals surface area contributed by atoms with Crippen molar-refractivity contribution in [3.05, 3.63) is 63.1 Å². The largest absolute Gasteiger partial charge is 0.493 e. The van der Waals surface area contributed by atoms with Gasteiger partial charge in [-0.05, 0) is 30.2 Å². The molecule has 0 radical (unpaired) electrons. The Morgan fingerprint density at radius 3 is 2.90 bits per heavy atom. The fraction of sp³-hybridized carbons (Fsp3) is 0.250. The zero-order valence-corrected chi connectivity index (χ0v) is 13.7. The first kappa shape index (κ1) is 14.9. The number of fused-ring (bicyclic) bond motifs is 1. The number of benzene rings is 2. The van der Waals surface area contributed by atoms with Crippen LogP contribution >= 0.6 is 27.5 Å². The molecule has 0 bridgehead atoms. The molecule has 5 heteroatoms. The van der Waals surface area contributed by atoms with Crippen LogP contribution in [0.4, 0.5) is 0 Å². The molecule has 0 spiro atoms. The molecule has 3 nitrogen and oxygen atoms in total. The number of hydrogen-bond donors (Lipinski definition) is 2. The Balaban J connectivity index is 1.83. The Morgan fingerprint density at radius 2 is 2.14 bits per heavy atom. The van der Waals surface area contributed by atoms with Crippen LogP contribution in [0.15, 0.2) is 46.9 Å². The fourth-order valence-electron chi connectivity index (χ4n) is 2.76. The van der Waals surface area contributed by atoms with Gasteiger partial charge in [-0.2, -0.15) is 0 Å².